The molecule has 5 unspecified atom stereocenters. The van der Waals surface area contributed by atoms with Crippen molar-refractivity contribution < 1.29 is 34.1 Å². The molecule has 9 nitrogen and oxygen atoms in total. The zero-order valence-corrected chi connectivity index (χ0v) is 20.7. The number of aliphatic hydroxyl groups excluding tert-OH is 1. The monoisotopic (exact) mass is 502 g/mol. The summed E-state index contributed by atoms with van der Waals surface area (Å²) in [5.41, 5.74) is 0.0247. The minimum atomic E-state index is -2.11. The van der Waals surface area contributed by atoms with E-state index in [1.54, 1.807) is 38.1 Å². The van der Waals surface area contributed by atoms with Crippen LogP contribution in [0.15, 0.2) is 30.3 Å². The number of rotatable bonds is 6. The largest absolute Gasteiger partial charge is 0.496 e. The Bertz CT molecular complexity index is 1230. The van der Waals surface area contributed by atoms with Gasteiger partial charge in [-0.05, 0) is 44.5 Å². The van der Waals surface area contributed by atoms with Crippen molar-refractivity contribution in [1.82, 2.24) is 5.32 Å². The van der Waals surface area contributed by atoms with E-state index in [1.807, 2.05) is 0 Å². The number of aliphatic hydroxyl groups is 1. The maximum atomic E-state index is 13.8. The minimum absolute atomic E-state index is 0.242. The molecule has 10 heteroatoms. The second kappa shape index (κ2) is 8.82. The van der Waals surface area contributed by atoms with Gasteiger partial charge in [0.25, 0.3) is 0 Å². The summed E-state index contributed by atoms with van der Waals surface area (Å²) in [7, 11) is 2.97. The predicted molar refractivity (Wildman–Crippen MR) is 128 cm³/mol. The van der Waals surface area contributed by atoms with Gasteiger partial charge in [0.05, 0.1) is 37.8 Å². The van der Waals surface area contributed by atoms with Gasteiger partial charge in [-0.1, -0.05) is 23.7 Å². The Morgan fingerprint density at radius 2 is 1.83 bits per heavy atom. The maximum Gasteiger partial charge on any atom is 0.327 e. The van der Waals surface area contributed by atoms with Gasteiger partial charge in [-0.25, -0.2) is 4.90 Å². The number of carboxylic acid groups (broad SMARTS) is 1. The zero-order valence-electron chi connectivity index (χ0n) is 20.0. The highest BCUT2D eigenvalue weighted by atomic mass is 35.5. The van der Waals surface area contributed by atoms with E-state index in [0.29, 0.717) is 27.6 Å². The average Bonchev–Trinajstić information content (AvgIpc) is 3.30. The molecule has 186 valence electrons. The molecule has 0 radical (unpaired) electrons. The van der Waals surface area contributed by atoms with Crippen LogP contribution in [0.25, 0.3) is 0 Å². The van der Waals surface area contributed by atoms with Gasteiger partial charge in [-0.3, -0.25) is 19.7 Å². The van der Waals surface area contributed by atoms with Gasteiger partial charge in [0.2, 0.25) is 11.8 Å². The highest BCUT2D eigenvalue weighted by Gasteiger charge is 2.70. The Morgan fingerprint density at radius 3 is 2.37 bits per heavy atom. The molecule has 4 rings (SSSR count). The number of hydrogen-bond donors (Lipinski definition) is 3. The number of anilines is 1. The first-order valence-corrected chi connectivity index (χ1v) is 11.4. The molecule has 2 aliphatic heterocycles. The van der Waals surface area contributed by atoms with Crippen LogP contribution < -0.4 is 19.7 Å². The summed E-state index contributed by atoms with van der Waals surface area (Å²) >= 11 is 6.25. The van der Waals surface area contributed by atoms with Crippen molar-refractivity contribution in [3.63, 3.8) is 0 Å². The van der Waals surface area contributed by atoms with Crippen LogP contribution in [0.1, 0.15) is 29.7 Å². The van der Waals surface area contributed by atoms with Crippen LogP contribution in [0.5, 0.6) is 11.5 Å². The van der Waals surface area contributed by atoms with E-state index in [4.69, 9.17) is 21.1 Å². The van der Waals surface area contributed by atoms with E-state index < -0.39 is 47.3 Å². The number of ether oxygens (including phenoxy) is 2. The molecule has 3 N–H and O–H groups in total. The number of aryl methyl sites for hydroxylation is 1. The number of nitrogens with one attached hydrogen (secondary N) is 1. The molecular formula is C25H27ClN2O7. The normalized spacial score (nSPS) is 26.6. The van der Waals surface area contributed by atoms with Crippen LogP contribution >= 0.6 is 11.6 Å². The molecule has 2 aliphatic rings. The van der Waals surface area contributed by atoms with Crippen molar-refractivity contribution >= 4 is 35.1 Å². The van der Waals surface area contributed by atoms with Crippen molar-refractivity contribution in [1.29, 1.82) is 0 Å². The van der Waals surface area contributed by atoms with Crippen LogP contribution in [0, 0.1) is 25.7 Å². The molecule has 2 aromatic rings. The van der Waals surface area contributed by atoms with Crippen molar-refractivity contribution in [3.8, 4) is 11.5 Å². The number of methoxy groups -OCH3 is 2. The van der Waals surface area contributed by atoms with Gasteiger partial charge >= 0.3 is 5.97 Å². The molecule has 35 heavy (non-hydrogen) atoms. The number of imide groups is 1. The summed E-state index contributed by atoms with van der Waals surface area (Å²) in [5.74, 6) is -4.28. The Kier molecular flexibility index (Phi) is 6.29. The lowest BCUT2D eigenvalue weighted by Gasteiger charge is -2.33. The maximum absolute atomic E-state index is 13.8. The van der Waals surface area contributed by atoms with Crippen LogP contribution in [0.2, 0.25) is 5.02 Å². The van der Waals surface area contributed by atoms with Crippen LogP contribution in [-0.4, -0.2) is 53.9 Å². The molecule has 2 fully saturated rings. The zero-order chi connectivity index (χ0) is 25.8. The number of benzene rings is 2. The number of amides is 2. The van der Waals surface area contributed by atoms with E-state index in [-0.39, 0.29) is 5.69 Å². The van der Waals surface area contributed by atoms with Gasteiger partial charge in [-0.15, -0.1) is 0 Å². The van der Waals surface area contributed by atoms with E-state index in [2.05, 4.69) is 5.32 Å². The standard InChI is InChI=1S/C25H27ClN2O7/c1-11-6-7-14(10-16(11)26)28-22(30)18-19(23(28)31)25(13(3)29,24(32)33)27-20(18)15-8-9-17(34-4)12(2)21(15)35-5/h6-10,13,18-20,27,29H,1-5H3,(H,32,33). The molecule has 2 saturated heterocycles. The number of fused-ring (bicyclic) bond motifs is 1. The highest BCUT2D eigenvalue weighted by Crippen LogP contribution is 2.53. The van der Waals surface area contributed by atoms with E-state index >= 15 is 0 Å². The summed E-state index contributed by atoms with van der Waals surface area (Å²) in [6.07, 6.45) is -1.50. The first-order valence-electron chi connectivity index (χ1n) is 11.1. The van der Waals surface area contributed by atoms with Crippen LogP contribution in [-0.2, 0) is 14.4 Å². The number of carbonyl (C=O) groups is 3. The SMILES string of the molecule is COc1ccc(C2NC(C(=O)O)(C(C)O)C3C(=O)N(c4ccc(C)c(Cl)c4)C(=O)C23)c(OC)c1C. The van der Waals surface area contributed by atoms with Gasteiger partial charge < -0.3 is 19.7 Å². The Hall–Kier alpha value is -3.14. The number of hydrogen-bond acceptors (Lipinski definition) is 7. The number of nitrogens with zero attached hydrogens (tertiary/aromatic N) is 1. The number of halogens is 1. The smallest absolute Gasteiger partial charge is 0.327 e. The topological polar surface area (TPSA) is 125 Å². The van der Waals surface area contributed by atoms with E-state index in [1.165, 1.54) is 27.2 Å². The fraction of sp³-hybridized carbons (Fsp3) is 0.400. The van der Waals surface area contributed by atoms with Gasteiger partial charge in [0.15, 0.2) is 5.54 Å². The second-order valence-corrected chi connectivity index (χ2v) is 9.34. The summed E-state index contributed by atoms with van der Waals surface area (Å²) in [6, 6.07) is 7.18. The molecule has 2 aromatic carbocycles. The van der Waals surface area contributed by atoms with Crippen LogP contribution in [0.4, 0.5) is 5.69 Å². The van der Waals surface area contributed by atoms with Gasteiger partial charge in [0, 0.05) is 22.2 Å². The van der Waals surface area contributed by atoms with Crippen molar-refractivity contribution in [2.24, 2.45) is 11.8 Å². The quantitative estimate of drug-likeness (QED) is 0.515. The average molecular weight is 503 g/mol. The molecule has 0 aliphatic carbocycles. The third-order valence-corrected chi connectivity index (χ3v) is 7.57. The molecular weight excluding hydrogens is 476 g/mol. The third kappa shape index (κ3) is 3.49. The second-order valence-electron chi connectivity index (χ2n) is 8.94. The Labute approximate surface area is 207 Å². The van der Waals surface area contributed by atoms with Crippen molar-refractivity contribution in [2.45, 2.75) is 38.5 Å². The van der Waals surface area contributed by atoms with Crippen LogP contribution in [0.3, 0.4) is 0 Å². The molecule has 2 amide bonds. The van der Waals surface area contributed by atoms with E-state index in [0.717, 1.165) is 10.5 Å². The van der Waals surface area contributed by atoms with E-state index in [9.17, 15) is 24.6 Å². The Morgan fingerprint density at radius 1 is 1.14 bits per heavy atom. The van der Waals surface area contributed by atoms with Gasteiger partial charge in [0.1, 0.15) is 11.5 Å². The van der Waals surface area contributed by atoms with Crippen molar-refractivity contribution in [2.75, 3.05) is 19.1 Å². The lowest BCUT2D eigenvalue weighted by Crippen LogP contribution is -2.62. The molecule has 0 spiro atoms. The fourth-order valence-corrected chi connectivity index (χ4v) is 5.55. The summed E-state index contributed by atoms with van der Waals surface area (Å²) in [6.45, 7) is 4.85. The molecule has 5 atom stereocenters. The molecule has 0 saturated carbocycles. The molecule has 0 bridgehead atoms. The molecule has 0 aromatic heterocycles. The van der Waals surface area contributed by atoms with Crippen molar-refractivity contribution in [3.05, 3.63) is 52.0 Å². The summed E-state index contributed by atoms with van der Waals surface area (Å²) in [4.78, 5) is 41.1. The predicted octanol–water partition coefficient (Wildman–Crippen LogP) is 2.63. The minimum Gasteiger partial charge on any atom is -0.496 e. The molecule has 2 heterocycles. The highest BCUT2D eigenvalue weighted by molar-refractivity contribution is 6.32. The first-order chi connectivity index (χ1) is 16.5. The summed E-state index contributed by atoms with van der Waals surface area (Å²) < 4.78 is 11.0. The summed E-state index contributed by atoms with van der Waals surface area (Å²) in [5, 5.41) is 24.3. The number of aliphatic carboxylic acids is 1. The first kappa shape index (κ1) is 25.0. The number of carbonyl (C=O) groups excluding carboxylic acids is 2. The third-order valence-electron chi connectivity index (χ3n) is 7.17. The van der Waals surface area contributed by atoms with Gasteiger partial charge in [-0.2, -0.15) is 0 Å². The Balaban J connectivity index is 1.93. The number of carboxylic acids is 1. The lowest BCUT2D eigenvalue weighted by molar-refractivity contribution is -0.154. The fourth-order valence-electron chi connectivity index (χ4n) is 5.37. The lowest BCUT2D eigenvalue weighted by atomic mass is 9.76.